The van der Waals surface area contributed by atoms with Crippen molar-refractivity contribution in [1.29, 1.82) is 0 Å². The minimum atomic E-state index is -0.517. The molecule has 0 aliphatic carbocycles. The SMILES string of the molecule is CCN(CC)c1ccc(C(=O)OCC(=O)N2CCC(C(N)=O)CC2)cc1. The fourth-order valence-electron chi connectivity index (χ4n) is 3.11. The number of nitrogens with zero attached hydrogens (tertiary/aromatic N) is 2. The molecule has 7 nitrogen and oxygen atoms in total. The number of likely N-dealkylation sites (tertiary alicyclic amines) is 1. The van der Waals surface area contributed by atoms with Crippen molar-refractivity contribution in [3.8, 4) is 0 Å². The van der Waals surface area contributed by atoms with Crippen molar-refractivity contribution in [2.75, 3.05) is 37.7 Å². The van der Waals surface area contributed by atoms with E-state index in [9.17, 15) is 14.4 Å². The highest BCUT2D eigenvalue weighted by Gasteiger charge is 2.26. The lowest BCUT2D eigenvalue weighted by Crippen LogP contribution is -2.43. The molecule has 0 saturated carbocycles. The second kappa shape index (κ2) is 9.22. The van der Waals surface area contributed by atoms with Gasteiger partial charge in [0.15, 0.2) is 6.61 Å². The molecule has 1 aromatic carbocycles. The Bertz CT molecular complexity index is 633. The van der Waals surface area contributed by atoms with Crippen LogP contribution in [0.4, 0.5) is 5.69 Å². The lowest BCUT2D eigenvalue weighted by Gasteiger charge is -2.30. The van der Waals surface area contributed by atoms with Gasteiger partial charge in [-0.15, -0.1) is 0 Å². The summed E-state index contributed by atoms with van der Waals surface area (Å²) in [6, 6.07) is 7.16. The first-order chi connectivity index (χ1) is 12.5. The molecule has 1 aliphatic heterocycles. The van der Waals surface area contributed by atoms with E-state index in [4.69, 9.17) is 10.5 Å². The number of ether oxygens (including phenoxy) is 1. The van der Waals surface area contributed by atoms with Crippen LogP contribution < -0.4 is 10.6 Å². The molecule has 26 heavy (non-hydrogen) atoms. The fraction of sp³-hybridized carbons (Fsp3) is 0.526. The highest BCUT2D eigenvalue weighted by atomic mass is 16.5. The predicted octanol–water partition coefficient (Wildman–Crippen LogP) is 1.41. The Balaban J connectivity index is 1.83. The van der Waals surface area contributed by atoms with Gasteiger partial charge < -0.3 is 20.3 Å². The molecule has 0 unspecified atom stereocenters. The third-order valence-electron chi connectivity index (χ3n) is 4.81. The van der Waals surface area contributed by atoms with Gasteiger partial charge in [0.2, 0.25) is 5.91 Å². The Morgan fingerprint density at radius 3 is 2.19 bits per heavy atom. The number of carbonyl (C=O) groups excluding carboxylic acids is 3. The Labute approximate surface area is 154 Å². The number of carbonyl (C=O) groups is 3. The summed E-state index contributed by atoms with van der Waals surface area (Å²) in [4.78, 5) is 39.2. The van der Waals surface area contributed by atoms with Crippen molar-refractivity contribution in [3.63, 3.8) is 0 Å². The van der Waals surface area contributed by atoms with Crippen LogP contribution in [0.15, 0.2) is 24.3 Å². The predicted molar refractivity (Wildman–Crippen MR) is 98.8 cm³/mol. The maximum atomic E-state index is 12.2. The van der Waals surface area contributed by atoms with Gasteiger partial charge >= 0.3 is 5.97 Å². The molecule has 1 heterocycles. The van der Waals surface area contributed by atoms with E-state index in [0.29, 0.717) is 31.5 Å². The second-order valence-corrected chi connectivity index (χ2v) is 6.35. The maximum absolute atomic E-state index is 12.2. The third-order valence-corrected chi connectivity index (χ3v) is 4.81. The van der Waals surface area contributed by atoms with Crippen molar-refractivity contribution < 1.29 is 19.1 Å². The van der Waals surface area contributed by atoms with Gasteiger partial charge in [-0.25, -0.2) is 4.79 Å². The summed E-state index contributed by atoms with van der Waals surface area (Å²) >= 11 is 0. The first kappa shape index (κ1) is 19.8. The molecule has 7 heteroatoms. The third kappa shape index (κ3) is 4.97. The van der Waals surface area contributed by atoms with Crippen molar-refractivity contribution in [3.05, 3.63) is 29.8 Å². The van der Waals surface area contributed by atoms with E-state index in [1.54, 1.807) is 17.0 Å². The van der Waals surface area contributed by atoms with Crippen LogP contribution in [0.5, 0.6) is 0 Å². The van der Waals surface area contributed by atoms with Gasteiger partial charge in [-0.3, -0.25) is 9.59 Å². The topological polar surface area (TPSA) is 92.9 Å². The highest BCUT2D eigenvalue weighted by Crippen LogP contribution is 2.17. The molecular weight excluding hydrogens is 334 g/mol. The molecule has 1 fully saturated rings. The molecule has 1 saturated heterocycles. The number of rotatable bonds is 7. The van der Waals surface area contributed by atoms with Gasteiger partial charge in [0, 0.05) is 37.8 Å². The van der Waals surface area contributed by atoms with Gasteiger partial charge in [-0.05, 0) is 51.0 Å². The monoisotopic (exact) mass is 361 g/mol. The van der Waals surface area contributed by atoms with E-state index in [-0.39, 0.29) is 24.3 Å². The average Bonchev–Trinajstić information content (AvgIpc) is 2.67. The molecule has 0 atom stereocenters. The molecule has 1 aliphatic rings. The minimum absolute atomic E-state index is 0.175. The molecule has 0 spiro atoms. The summed E-state index contributed by atoms with van der Waals surface area (Å²) in [5, 5.41) is 0. The van der Waals surface area contributed by atoms with E-state index in [2.05, 4.69) is 18.7 Å². The Morgan fingerprint density at radius 2 is 1.69 bits per heavy atom. The average molecular weight is 361 g/mol. The number of hydrogen-bond acceptors (Lipinski definition) is 5. The number of piperidine rings is 1. The molecule has 142 valence electrons. The van der Waals surface area contributed by atoms with E-state index in [0.717, 1.165) is 18.8 Å². The van der Waals surface area contributed by atoms with Gasteiger partial charge in [0.25, 0.3) is 5.91 Å². The molecule has 2 N–H and O–H groups in total. The Hall–Kier alpha value is -2.57. The van der Waals surface area contributed by atoms with Gasteiger partial charge in [0.05, 0.1) is 5.56 Å². The van der Waals surface area contributed by atoms with Crippen LogP contribution in [0.25, 0.3) is 0 Å². The smallest absolute Gasteiger partial charge is 0.338 e. The molecule has 2 rings (SSSR count). The Morgan fingerprint density at radius 1 is 1.12 bits per heavy atom. The minimum Gasteiger partial charge on any atom is -0.452 e. The summed E-state index contributed by atoms with van der Waals surface area (Å²) in [7, 11) is 0. The molecule has 1 aromatic rings. The second-order valence-electron chi connectivity index (χ2n) is 6.35. The zero-order valence-electron chi connectivity index (χ0n) is 15.4. The zero-order chi connectivity index (χ0) is 19.1. The number of hydrogen-bond donors (Lipinski definition) is 1. The summed E-state index contributed by atoms with van der Waals surface area (Å²) in [5.74, 6) is -1.26. The van der Waals surface area contributed by atoms with Gasteiger partial charge in [-0.1, -0.05) is 0 Å². The van der Waals surface area contributed by atoms with Crippen molar-refractivity contribution >= 4 is 23.5 Å². The number of anilines is 1. The van der Waals surface area contributed by atoms with Crippen LogP contribution in [0.3, 0.4) is 0 Å². The first-order valence-corrected chi connectivity index (χ1v) is 9.05. The summed E-state index contributed by atoms with van der Waals surface area (Å²) in [6.45, 7) is 6.55. The van der Waals surface area contributed by atoms with Crippen LogP contribution in [0.1, 0.15) is 37.0 Å². The lowest BCUT2D eigenvalue weighted by atomic mass is 9.96. The van der Waals surface area contributed by atoms with E-state index >= 15 is 0 Å². The number of esters is 1. The molecule has 2 amide bonds. The standard InChI is InChI=1S/C19H27N3O4/c1-3-21(4-2)16-7-5-15(6-8-16)19(25)26-13-17(23)22-11-9-14(10-12-22)18(20)24/h5-8,14H,3-4,9-13H2,1-2H3,(H2,20,24). The fourth-order valence-corrected chi connectivity index (χ4v) is 3.11. The van der Waals surface area contributed by atoms with Crippen molar-refractivity contribution in [1.82, 2.24) is 4.90 Å². The maximum Gasteiger partial charge on any atom is 0.338 e. The van der Waals surface area contributed by atoms with E-state index < -0.39 is 5.97 Å². The zero-order valence-corrected chi connectivity index (χ0v) is 15.4. The van der Waals surface area contributed by atoms with Crippen LogP contribution in [0, 0.1) is 5.92 Å². The largest absolute Gasteiger partial charge is 0.452 e. The van der Waals surface area contributed by atoms with Crippen LogP contribution >= 0.6 is 0 Å². The first-order valence-electron chi connectivity index (χ1n) is 9.05. The van der Waals surface area contributed by atoms with Crippen LogP contribution in [0.2, 0.25) is 0 Å². The van der Waals surface area contributed by atoms with Crippen LogP contribution in [-0.2, 0) is 14.3 Å². The molecular formula is C19H27N3O4. The van der Waals surface area contributed by atoms with Gasteiger partial charge in [-0.2, -0.15) is 0 Å². The summed E-state index contributed by atoms with van der Waals surface area (Å²) in [5.41, 5.74) is 6.74. The number of primary amides is 1. The number of amides is 2. The normalized spacial score (nSPS) is 14.8. The highest BCUT2D eigenvalue weighted by molar-refractivity contribution is 5.91. The lowest BCUT2D eigenvalue weighted by molar-refractivity contribution is -0.137. The summed E-state index contributed by atoms with van der Waals surface area (Å²) < 4.78 is 5.14. The summed E-state index contributed by atoms with van der Waals surface area (Å²) in [6.07, 6.45) is 1.11. The Kier molecular flexibility index (Phi) is 7.00. The van der Waals surface area contributed by atoms with Crippen molar-refractivity contribution in [2.45, 2.75) is 26.7 Å². The molecule has 0 aromatic heterocycles. The van der Waals surface area contributed by atoms with E-state index in [1.165, 1.54) is 0 Å². The quantitative estimate of drug-likeness (QED) is 0.741. The molecule has 0 bridgehead atoms. The van der Waals surface area contributed by atoms with Crippen molar-refractivity contribution in [2.24, 2.45) is 11.7 Å². The number of nitrogens with two attached hydrogens (primary N) is 1. The van der Waals surface area contributed by atoms with Gasteiger partial charge in [0.1, 0.15) is 0 Å². The van der Waals surface area contributed by atoms with E-state index in [1.807, 2.05) is 12.1 Å². The molecule has 0 radical (unpaired) electrons. The number of benzene rings is 1. The van der Waals surface area contributed by atoms with Crippen LogP contribution in [-0.4, -0.2) is 55.5 Å².